The van der Waals surface area contributed by atoms with Crippen molar-refractivity contribution in [3.63, 3.8) is 0 Å². The topological polar surface area (TPSA) is 92.3 Å². The monoisotopic (exact) mass is 354 g/mol. The van der Waals surface area contributed by atoms with Crippen molar-refractivity contribution in [1.82, 2.24) is 10.3 Å². The molecule has 0 unspecified atom stereocenters. The largest absolute Gasteiger partial charge is 0.368 e. The molecule has 0 aliphatic carbocycles. The van der Waals surface area contributed by atoms with Gasteiger partial charge in [-0.25, -0.2) is 0 Å². The van der Waals surface area contributed by atoms with Gasteiger partial charge in [-0.1, -0.05) is 0 Å². The summed E-state index contributed by atoms with van der Waals surface area (Å²) in [6.07, 6.45) is 4.47. The number of rotatable bonds is 5. The van der Waals surface area contributed by atoms with E-state index in [1.54, 1.807) is 55.9 Å². The van der Waals surface area contributed by atoms with E-state index in [2.05, 4.69) is 20.9 Å². The molecule has 2 heterocycles. The summed E-state index contributed by atoms with van der Waals surface area (Å²) in [5.41, 5.74) is 0.947. The zero-order valence-corrected chi connectivity index (χ0v) is 14.6. The quantitative estimate of drug-likeness (QED) is 0.764. The number of anilines is 2. The third kappa shape index (κ3) is 4.07. The van der Waals surface area contributed by atoms with Crippen LogP contribution in [0.1, 0.15) is 23.2 Å². The number of amides is 2. The molecule has 1 aromatic heterocycles. The molecule has 136 valence electrons. The number of benzene rings is 1. The minimum absolute atomic E-state index is 0.158. The van der Waals surface area contributed by atoms with Crippen molar-refractivity contribution >= 4 is 23.2 Å². The maximum Gasteiger partial charge on any atom is 0.256 e. The van der Waals surface area contributed by atoms with E-state index < -0.39 is 5.60 Å². The number of aromatic nitrogens is 1. The molecule has 7 nitrogen and oxygen atoms in total. The van der Waals surface area contributed by atoms with Gasteiger partial charge >= 0.3 is 0 Å². The molecule has 0 spiro atoms. The van der Waals surface area contributed by atoms with Crippen molar-refractivity contribution in [2.75, 3.05) is 30.8 Å². The maximum atomic E-state index is 12.6. The lowest BCUT2D eigenvalue weighted by atomic mass is 9.91. The van der Waals surface area contributed by atoms with Crippen LogP contribution in [0, 0.1) is 0 Å². The first-order valence-electron chi connectivity index (χ1n) is 8.52. The molecule has 0 bridgehead atoms. The molecule has 1 saturated heterocycles. The van der Waals surface area contributed by atoms with Crippen LogP contribution >= 0.6 is 0 Å². The fraction of sp³-hybridized carbons (Fsp3) is 0.316. The van der Waals surface area contributed by atoms with Crippen LogP contribution in [0.3, 0.4) is 0 Å². The lowest BCUT2D eigenvalue weighted by Crippen LogP contribution is -2.51. The van der Waals surface area contributed by atoms with E-state index in [-0.39, 0.29) is 11.8 Å². The highest BCUT2D eigenvalue weighted by molar-refractivity contribution is 6.04. The molecule has 3 N–H and O–H groups in total. The number of nitrogens with one attached hydrogen (secondary N) is 3. The first kappa shape index (κ1) is 18.0. The van der Waals surface area contributed by atoms with Crippen molar-refractivity contribution in [1.29, 1.82) is 0 Å². The van der Waals surface area contributed by atoms with E-state index in [4.69, 9.17) is 4.74 Å². The van der Waals surface area contributed by atoms with E-state index in [1.165, 1.54) is 0 Å². The van der Waals surface area contributed by atoms with E-state index >= 15 is 0 Å². The first-order chi connectivity index (χ1) is 12.6. The van der Waals surface area contributed by atoms with Crippen molar-refractivity contribution in [3.8, 4) is 0 Å². The van der Waals surface area contributed by atoms with Gasteiger partial charge in [0.25, 0.3) is 11.8 Å². The van der Waals surface area contributed by atoms with Crippen LogP contribution in [0.5, 0.6) is 0 Å². The molecule has 1 aliphatic rings. The summed E-state index contributed by atoms with van der Waals surface area (Å²) in [4.78, 5) is 28.8. The Kier molecular flexibility index (Phi) is 5.60. The maximum absolute atomic E-state index is 12.6. The molecule has 0 saturated carbocycles. The zero-order valence-electron chi connectivity index (χ0n) is 14.6. The van der Waals surface area contributed by atoms with Crippen LogP contribution < -0.4 is 16.0 Å². The second kappa shape index (κ2) is 8.07. The molecule has 1 aromatic carbocycles. The standard InChI is InChI=1S/C19H22N4O3/c1-26-19(8-11-20-12-9-19)18(25)23-15-6-4-14(5-7-15)17(24)22-16-3-2-10-21-13-16/h2-7,10,13,20H,8-9,11-12H2,1H3,(H,22,24)(H,23,25). The number of hydrogen-bond acceptors (Lipinski definition) is 5. The SMILES string of the molecule is COC1(C(=O)Nc2ccc(C(=O)Nc3cccnc3)cc2)CCNCC1. The number of piperidine rings is 1. The van der Waals surface area contributed by atoms with Crippen LogP contribution in [-0.4, -0.2) is 42.6 Å². The molecule has 0 atom stereocenters. The van der Waals surface area contributed by atoms with Crippen molar-refractivity contribution in [2.24, 2.45) is 0 Å². The van der Waals surface area contributed by atoms with Crippen LogP contribution in [0.25, 0.3) is 0 Å². The third-order valence-corrected chi connectivity index (χ3v) is 4.54. The number of carbonyl (C=O) groups excluding carboxylic acids is 2. The van der Waals surface area contributed by atoms with Gasteiger partial charge in [0, 0.05) is 24.6 Å². The van der Waals surface area contributed by atoms with Crippen molar-refractivity contribution < 1.29 is 14.3 Å². The summed E-state index contributed by atoms with van der Waals surface area (Å²) in [7, 11) is 1.57. The van der Waals surface area contributed by atoms with Gasteiger partial charge in [0.1, 0.15) is 5.60 Å². The van der Waals surface area contributed by atoms with Crippen molar-refractivity contribution in [3.05, 3.63) is 54.4 Å². The van der Waals surface area contributed by atoms with E-state index in [1.807, 2.05) is 0 Å². The number of hydrogen-bond donors (Lipinski definition) is 3. The van der Waals surface area contributed by atoms with Gasteiger partial charge in [0.05, 0.1) is 11.9 Å². The Hall–Kier alpha value is -2.77. The van der Waals surface area contributed by atoms with Gasteiger partial charge in [0.2, 0.25) is 0 Å². The predicted molar refractivity (Wildman–Crippen MR) is 99.1 cm³/mol. The Morgan fingerprint density at radius 2 is 1.81 bits per heavy atom. The number of nitrogens with zero attached hydrogens (tertiary/aromatic N) is 1. The number of ether oxygens (including phenoxy) is 1. The highest BCUT2D eigenvalue weighted by Crippen LogP contribution is 2.24. The van der Waals surface area contributed by atoms with E-state index in [9.17, 15) is 9.59 Å². The number of pyridine rings is 1. The third-order valence-electron chi connectivity index (χ3n) is 4.54. The molecular formula is C19H22N4O3. The lowest BCUT2D eigenvalue weighted by molar-refractivity contribution is -0.140. The van der Waals surface area contributed by atoms with Gasteiger partial charge in [-0.05, 0) is 62.3 Å². The highest BCUT2D eigenvalue weighted by Gasteiger charge is 2.39. The van der Waals surface area contributed by atoms with Crippen LogP contribution in [0.15, 0.2) is 48.8 Å². The van der Waals surface area contributed by atoms with Crippen molar-refractivity contribution in [2.45, 2.75) is 18.4 Å². The fourth-order valence-electron chi connectivity index (χ4n) is 2.94. The van der Waals surface area contributed by atoms with Crippen LogP contribution in [0.4, 0.5) is 11.4 Å². The van der Waals surface area contributed by atoms with Gasteiger partial charge < -0.3 is 20.7 Å². The first-order valence-corrected chi connectivity index (χ1v) is 8.52. The van der Waals surface area contributed by atoms with Gasteiger partial charge in [-0.3, -0.25) is 14.6 Å². The lowest BCUT2D eigenvalue weighted by Gasteiger charge is -2.34. The van der Waals surface area contributed by atoms with Crippen LogP contribution in [0.2, 0.25) is 0 Å². The van der Waals surface area contributed by atoms with Gasteiger partial charge in [-0.2, -0.15) is 0 Å². The summed E-state index contributed by atoms with van der Waals surface area (Å²) in [5.74, 6) is -0.392. The highest BCUT2D eigenvalue weighted by atomic mass is 16.5. The normalized spacial score (nSPS) is 15.9. The molecule has 1 aliphatic heterocycles. The predicted octanol–water partition coefficient (Wildman–Crippen LogP) is 2.04. The van der Waals surface area contributed by atoms with Gasteiger partial charge in [-0.15, -0.1) is 0 Å². The minimum atomic E-state index is -0.804. The van der Waals surface area contributed by atoms with Crippen LogP contribution in [-0.2, 0) is 9.53 Å². The second-order valence-corrected chi connectivity index (χ2v) is 6.18. The number of methoxy groups -OCH3 is 1. The smallest absolute Gasteiger partial charge is 0.256 e. The Balaban J connectivity index is 1.64. The molecule has 26 heavy (non-hydrogen) atoms. The Bertz CT molecular complexity index is 756. The van der Waals surface area contributed by atoms with E-state index in [0.717, 1.165) is 13.1 Å². The Morgan fingerprint density at radius 1 is 1.08 bits per heavy atom. The summed E-state index contributed by atoms with van der Waals surface area (Å²) in [5, 5.41) is 8.88. The summed E-state index contributed by atoms with van der Waals surface area (Å²) >= 11 is 0. The summed E-state index contributed by atoms with van der Waals surface area (Å²) < 4.78 is 5.52. The molecule has 2 amide bonds. The fourth-order valence-corrected chi connectivity index (χ4v) is 2.94. The molecule has 3 rings (SSSR count). The molecule has 1 fully saturated rings. The molecule has 7 heteroatoms. The Labute approximate surface area is 152 Å². The molecule has 0 radical (unpaired) electrons. The average molecular weight is 354 g/mol. The summed E-state index contributed by atoms with van der Waals surface area (Å²) in [6.45, 7) is 1.49. The zero-order chi connectivity index (χ0) is 18.4. The minimum Gasteiger partial charge on any atom is -0.368 e. The van der Waals surface area contributed by atoms with Gasteiger partial charge in [0.15, 0.2) is 0 Å². The van der Waals surface area contributed by atoms with E-state index in [0.29, 0.717) is 29.8 Å². The Morgan fingerprint density at radius 3 is 2.42 bits per heavy atom. The average Bonchev–Trinajstić information content (AvgIpc) is 2.69. The number of carbonyl (C=O) groups is 2. The molecule has 2 aromatic rings. The summed E-state index contributed by atoms with van der Waals surface area (Å²) in [6, 6.07) is 10.3. The molecular weight excluding hydrogens is 332 g/mol. The second-order valence-electron chi connectivity index (χ2n) is 6.18.